The topological polar surface area (TPSA) is 78.1 Å². The molecule has 1 amide bonds. The number of aromatic amines is 1. The first-order chi connectivity index (χ1) is 17.9. The highest BCUT2D eigenvalue weighted by atomic mass is 19.1. The number of carbonyl (C=O) groups excluding carboxylic acids is 1. The summed E-state index contributed by atoms with van der Waals surface area (Å²) in [5.41, 5.74) is 3.04. The van der Waals surface area contributed by atoms with Gasteiger partial charge in [0.1, 0.15) is 0 Å². The summed E-state index contributed by atoms with van der Waals surface area (Å²) in [6.45, 7) is 9.80. The van der Waals surface area contributed by atoms with Crippen molar-refractivity contribution in [2.24, 2.45) is 5.92 Å². The third-order valence-corrected chi connectivity index (χ3v) is 9.20. The molecule has 1 aromatic heterocycles. The van der Waals surface area contributed by atoms with E-state index in [1.54, 1.807) is 4.90 Å². The van der Waals surface area contributed by atoms with E-state index in [0.29, 0.717) is 34.5 Å². The van der Waals surface area contributed by atoms with Gasteiger partial charge in [-0.05, 0) is 58.1 Å². The number of aromatic nitrogens is 1. The molecule has 38 heavy (non-hydrogen) atoms. The van der Waals surface area contributed by atoms with Crippen molar-refractivity contribution in [3.8, 4) is 11.5 Å². The summed E-state index contributed by atoms with van der Waals surface area (Å²) in [6.07, 6.45) is 3.32. The number of nitrogens with one attached hydrogen (secondary N) is 1. The molecule has 204 valence electrons. The first-order valence-corrected chi connectivity index (χ1v) is 13.6. The van der Waals surface area contributed by atoms with Crippen molar-refractivity contribution in [1.29, 1.82) is 0 Å². The quantitative estimate of drug-likeness (QED) is 0.656. The van der Waals surface area contributed by atoms with Crippen LogP contribution in [0.25, 0.3) is 0 Å². The summed E-state index contributed by atoms with van der Waals surface area (Å²) >= 11 is 0. The lowest BCUT2D eigenvalue weighted by molar-refractivity contribution is -0.138. The van der Waals surface area contributed by atoms with Gasteiger partial charge in [-0.3, -0.25) is 9.59 Å². The standard InChI is InChI=1S/C29H37FN4O4/c1-16-13-17(2)31-26(35)20(16)14-33-15-29(9-10-29)22-21(27(33)36)18(3)24-25(23(22)30)38-28(4,37-24)19-7-11-34(12-8-19)32(5)6/h13,19H,7-12,14-15H2,1-6H3,(H,31,35)/t28-/m1/s1. The van der Waals surface area contributed by atoms with Gasteiger partial charge in [-0.1, -0.05) is 0 Å². The number of hydrazine groups is 1. The second kappa shape index (κ2) is 8.55. The molecular formula is C29H37FN4O4. The molecule has 0 unspecified atom stereocenters. The molecule has 0 radical (unpaired) electrons. The van der Waals surface area contributed by atoms with Gasteiger partial charge in [0.2, 0.25) is 5.75 Å². The van der Waals surface area contributed by atoms with Gasteiger partial charge in [-0.15, -0.1) is 0 Å². The molecule has 2 aromatic rings. The first kappa shape index (κ1) is 25.4. The van der Waals surface area contributed by atoms with Gasteiger partial charge >= 0.3 is 0 Å². The molecule has 1 N–H and O–H groups in total. The number of piperidine rings is 1. The summed E-state index contributed by atoms with van der Waals surface area (Å²) in [4.78, 5) is 31.2. The third kappa shape index (κ3) is 3.77. The van der Waals surface area contributed by atoms with Crippen molar-refractivity contribution in [3.63, 3.8) is 0 Å². The fourth-order valence-electron chi connectivity index (χ4n) is 6.79. The number of hydrogen-bond acceptors (Lipinski definition) is 6. The maximum absolute atomic E-state index is 16.3. The Kier molecular flexibility index (Phi) is 5.71. The summed E-state index contributed by atoms with van der Waals surface area (Å²) < 4.78 is 29.1. The number of ether oxygens (including phenoxy) is 2. The molecule has 9 heteroatoms. The molecule has 1 aromatic carbocycles. The Morgan fingerprint density at radius 1 is 1.11 bits per heavy atom. The Hall–Kier alpha value is -2.91. The highest BCUT2D eigenvalue weighted by molar-refractivity contribution is 6.00. The average molecular weight is 525 g/mol. The van der Waals surface area contributed by atoms with Crippen LogP contribution in [-0.2, 0) is 12.0 Å². The fourth-order valence-corrected chi connectivity index (χ4v) is 6.79. The van der Waals surface area contributed by atoms with Crippen LogP contribution in [0.3, 0.4) is 0 Å². The van der Waals surface area contributed by atoms with Gasteiger partial charge in [0, 0.05) is 74.4 Å². The zero-order chi connectivity index (χ0) is 27.1. The van der Waals surface area contributed by atoms with E-state index in [0.717, 1.165) is 50.0 Å². The molecule has 3 aliphatic heterocycles. The summed E-state index contributed by atoms with van der Waals surface area (Å²) in [5.74, 6) is -1.11. The van der Waals surface area contributed by atoms with E-state index in [2.05, 4.69) is 15.0 Å². The van der Waals surface area contributed by atoms with Crippen molar-refractivity contribution in [2.45, 2.75) is 71.1 Å². The molecule has 0 bridgehead atoms. The van der Waals surface area contributed by atoms with Gasteiger partial charge in [-0.2, -0.15) is 0 Å². The lowest BCUT2D eigenvalue weighted by Gasteiger charge is -2.40. The minimum absolute atomic E-state index is 0.0975. The van der Waals surface area contributed by atoms with Crippen LogP contribution in [0.1, 0.15) is 70.9 Å². The lowest BCUT2D eigenvalue weighted by Crippen LogP contribution is -2.51. The van der Waals surface area contributed by atoms with Crippen LogP contribution in [0.4, 0.5) is 4.39 Å². The number of pyridine rings is 1. The van der Waals surface area contributed by atoms with E-state index in [-0.39, 0.29) is 29.7 Å². The Balaban J connectivity index is 1.35. The van der Waals surface area contributed by atoms with Gasteiger partial charge in [0.15, 0.2) is 11.6 Å². The van der Waals surface area contributed by atoms with Crippen molar-refractivity contribution >= 4 is 5.91 Å². The predicted molar refractivity (Wildman–Crippen MR) is 141 cm³/mol. The van der Waals surface area contributed by atoms with Crippen LogP contribution >= 0.6 is 0 Å². The number of halogens is 1. The number of fused-ring (bicyclic) bond motifs is 3. The first-order valence-electron chi connectivity index (χ1n) is 13.6. The maximum atomic E-state index is 16.3. The van der Waals surface area contributed by atoms with E-state index < -0.39 is 17.0 Å². The Labute approximate surface area is 222 Å². The third-order valence-electron chi connectivity index (χ3n) is 9.20. The van der Waals surface area contributed by atoms with Crippen molar-refractivity contribution in [1.82, 2.24) is 19.9 Å². The van der Waals surface area contributed by atoms with E-state index in [1.165, 1.54) is 0 Å². The number of nitrogens with zero attached hydrogens (tertiary/aromatic N) is 3. The monoisotopic (exact) mass is 524 g/mol. The normalized spacial score (nSPS) is 24.4. The molecule has 1 saturated heterocycles. The number of benzene rings is 1. The highest BCUT2D eigenvalue weighted by Gasteiger charge is 2.57. The molecule has 2 fully saturated rings. The number of rotatable bonds is 4. The van der Waals surface area contributed by atoms with Crippen LogP contribution in [-0.4, -0.2) is 65.3 Å². The summed E-state index contributed by atoms with van der Waals surface area (Å²) in [5, 5.41) is 4.37. The molecule has 1 spiro atoms. The molecule has 4 heterocycles. The fraction of sp³-hybridized carbons (Fsp3) is 0.586. The Morgan fingerprint density at radius 3 is 2.37 bits per heavy atom. The SMILES string of the molecule is Cc1cc(C)c(CN2CC3(CC3)c3c(F)c4c(c(C)c3C2=O)O[C@@](C)(C2CCN(N(C)C)CC2)O4)c(=O)[nH]1. The van der Waals surface area contributed by atoms with Crippen molar-refractivity contribution < 1.29 is 18.7 Å². The zero-order valence-corrected chi connectivity index (χ0v) is 23.2. The van der Waals surface area contributed by atoms with Gasteiger partial charge < -0.3 is 19.4 Å². The number of aryl methyl sites for hydroxylation is 2. The summed E-state index contributed by atoms with van der Waals surface area (Å²) in [6, 6.07) is 1.92. The molecule has 4 aliphatic rings. The van der Waals surface area contributed by atoms with Gasteiger partial charge in [0.05, 0.1) is 12.1 Å². The van der Waals surface area contributed by atoms with Crippen LogP contribution < -0.4 is 15.0 Å². The second-order valence-electron chi connectivity index (χ2n) is 12.0. The number of H-pyrrole nitrogens is 1. The second-order valence-corrected chi connectivity index (χ2v) is 12.0. The smallest absolute Gasteiger partial charge is 0.255 e. The molecule has 6 rings (SSSR count). The highest BCUT2D eigenvalue weighted by Crippen LogP contribution is 2.59. The molecular weight excluding hydrogens is 487 g/mol. The maximum Gasteiger partial charge on any atom is 0.255 e. The Bertz CT molecular complexity index is 1390. The van der Waals surface area contributed by atoms with Crippen molar-refractivity contribution in [3.05, 3.63) is 55.7 Å². The van der Waals surface area contributed by atoms with Crippen LogP contribution in [0.2, 0.25) is 0 Å². The minimum atomic E-state index is -0.984. The lowest BCUT2D eigenvalue weighted by atomic mass is 9.83. The zero-order valence-electron chi connectivity index (χ0n) is 23.2. The van der Waals surface area contributed by atoms with Gasteiger partial charge in [-0.25, -0.2) is 14.4 Å². The van der Waals surface area contributed by atoms with Crippen LogP contribution in [0.5, 0.6) is 11.5 Å². The number of hydrogen-bond donors (Lipinski definition) is 1. The van der Waals surface area contributed by atoms with Crippen LogP contribution in [0, 0.1) is 32.5 Å². The number of carbonyl (C=O) groups is 1. The average Bonchev–Trinajstić information content (AvgIpc) is 3.53. The van der Waals surface area contributed by atoms with Crippen molar-refractivity contribution in [2.75, 3.05) is 33.7 Å². The van der Waals surface area contributed by atoms with E-state index in [1.807, 2.05) is 47.9 Å². The van der Waals surface area contributed by atoms with Gasteiger partial charge in [0.25, 0.3) is 17.3 Å². The van der Waals surface area contributed by atoms with E-state index in [9.17, 15) is 9.59 Å². The molecule has 1 atom stereocenters. The predicted octanol–water partition coefficient (Wildman–Crippen LogP) is 3.80. The van der Waals surface area contributed by atoms with E-state index >= 15 is 4.39 Å². The molecule has 1 saturated carbocycles. The number of amides is 1. The van der Waals surface area contributed by atoms with Crippen LogP contribution in [0.15, 0.2) is 10.9 Å². The Morgan fingerprint density at radius 2 is 1.76 bits per heavy atom. The van der Waals surface area contributed by atoms with E-state index in [4.69, 9.17) is 9.47 Å². The minimum Gasteiger partial charge on any atom is -0.448 e. The summed E-state index contributed by atoms with van der Waals surface area (Å²) in [7, 11) is 4.07. The molecule has 8 nitrogen and oxygen atoms in total. The molecule has 1 aliphatic carbocycles. The largest absolute Gasteiger partial charge is 0.448 e.